The van der Waals surface area contributed by atoms with Crippen molar-refractivity contribution in [3.63, 3.8) is 0 Å². The Kier molecular flexibility index (Phi) is 5.57. The van der Waals surface area contributed by atoms with Gasteiger partial charge < -0.3 is 4.90 Å². The van der Waals surface area contributed by atoms with Crippen LogP contribution in [0.5, 0.6) is 0 Å². The van der Waals surface area contributed by atoms with Gasteiger partial charge in [0.2, 0.25) is 0 Å². The van der Waals surface area contributed by atoms with E-state index in [0.717, 1.165) is 18.7 Å². The Balaban J connectivity index is 2.76. The fraction of sp³-hybridized carbons (Fsp3) is 0.500. The van der Waals surface area contributed by atoms with E-state index in [9.17, 15) is 13.6 Å². The van der Waals surface area contributed by atoms with Crippen molar-refractivity contribution >= 4 is 5.78 Å². The topological polar surface area (TPSA) is 23.6 Å². The summed E-state index contributed by atoms with van der Waals surface area (Å²) in [6.45, 7) is 3.23. The van der Waals surface area contributed by atoms with Crippen molar-refractivity contribution in [2.45, 2.75) is 13.0 Å². The van der Waals surface area contributed by atoms with E-state index in [-0.39, 0.29) is 11.3 Å². The molecule has 1 aromatic rings. The number of Topliss-reactive ketones (excluding diaryl/α,β-unsaturated/α-hetero) is 1. The summed E-state index contributed by atoms with van der Waals surface area (Å²) in [5.74, 6) is -1.82. The molecule has 0 aliphatic rings. The number of ketones is 1. The molecule has 1 aromatic carbocycles. The van der Waals surface area contributed by atoms with E-state index in [4.69, 9.17) is 0 Å². The van der Waals surface area contributed by atoms with Gasteiger partial charge in [-0.3, -0.25) is 9.69 Å². The van der Waals surface area contributed by atoms with Crippen LogP contribution in [0.25, 0.3) is 0 Å². The summed E-state index contributed by atoms with van der Waals surface area (Å²) < 4.78 is 26.4. The summed E-state index contributed by atoms with van der Waals surface area (Å²) in [6, 6.07) is 2.59. The van der Waals surface area contributed by atoms with Gasteiger partial charge in [0.25, 0.3) is 0 Å². The molecule has 0 fully saturated rings. The van der Waals surface area contributed by atoms with E-state index in [1.807, 2.05) is 30.9 Å². The number of carbonyl (C=O) groups excluding carboxylic acids is 1. The van der Waals surface area contributed by atoms with Crippen molar-refractivity contribution in [3.8, 4) is 0 Å². The minimum Gasteiger partial charge on any atom is -0.308 e. The highest BCUT2D eigenvalue weighted by molar-refractivity contribution is 6.00. The number of nitrogens with zero attached hydrogens (tertiary/aromatic N) is 2. The average Bonchev–Trinajstić information content (AvgIpc) is 2.34. The molecule has 19 heavy (non-hydrogen) atoms. The third-order valence-corrected chi connectivity index (χ3v) is 3.14. The van der Waals surface area contributed by atoms with Gasteiger partial charge in [-0.05, 0) is 40.2 Å². The summed E-state index contributed by atoms with van der Waals surface area (Å²) in [4.78, 5) is 16.0. The highest BCUT2D eigenvalue weighted by atomic mass is 19.1. The van der Waals surface area contributed by atoms with Crippen LogP contribution in [-0.4, -0.2) is 55.9 Å². The normalized spacial score (nSPS) is 13.1. The number of benzene rings is 1. The van der Waals surface area contributed by atoms with Gasteiger partial charge in [-0.1, -0.05) is 0 Å². The van der Waals surface area contributed by atoms with Crippen LogP contribution < -0.4 is 0 Å². The molecule has 0 aliphatic heterocycles. The second-order valence-corrected chi connectivity index (χ2v) is 4.95. The Morgan fingerprint density at radius 1 is 1.21 bits per heavy atom. The molecule has 5 heteroatoms. The largest absolute Gasteiger partial charge is 0.308 e. The lowest BCUT2D eigenvalue weighted by molar-refractivity contribution is 0.0857. The van der Waals surface area contributed by atoms with E-state index >= 15 is 0 Å². The van der Waals surface area contributed by atoms with Crippen molar-refractivity contribution in [2.24, 2.45) is 0 Å². The van der Waals surface area contributed by atoms with Gasteiger partial charge in [0.1, 0.15) is 11.6 Å². The van der Waals surface area contributed by atoms with Crippen molar-refractivity contribution in [1.29, 1.82) is 0 Å². The van der Waals surface area contributed by atoms with Crippen molar-refractivity contribution in [3.05, 3.63) is 35.4 Å². The zero-order valence-electron chi connectivity index (χ0n) is 11.8. The fourth-order valence-electron chi connectivity index (χ4n) is 1.67. The van der Waals surface area contributed by atoms with Crippen LogP contribution in [0.2, 0.25) is 0 Å². The molecule has 0 saturated carbocycles. The lowest BCUT2D eigenvalue weighted by Crippen LogP contribution is -2.40. The molecule has 0 aliphatic carbocycles. The maximum absolute atomic E-state index is 13.6. The highest BCUT2D eigenvalue weighted by Crippen LogP contribution is 2.13. The number of hydrogen-bond acceptors (Lipinski definition) is 3. The van der Waals surface area contributed by atoms with Gasteiger partial charge in [0.05, 0.1) is 11.6 Å². The summed E-state index contributed by atoms with van der Waals surface area (Å²) >= 11 is 0. The summed E-state index contributed by atoms with van der Waals surface area (Å²) in [5, 5.41) is 0. The van der Waals surface area contributed by atoms with Crippen LogP contribution in [-0.2, 0) is 0 Å². The number of carbonyl (C=O) groups is 1. The SMILES string of the molecule is CC(C(=O)c1ccc(F)cc1F)N(C)CCN(C)C. The first kappa shape index (κ1) is 15.7. The van der Waals surface area contributed by atoms with Crippen molar-refractivity contribution < 1.29 is 13.6 Å². The molecule has 0 aromatic heterocycles. The van der Waals surface area contributed by atoms with Crippen LogP contribution in [0, 0.1) is 11.6 Å². The summed E-state index contributed by atoms with van der Waals surface area (Å²) in [5.41, 5.74) is -0.0643. The fourth-order valence-corrected chi connectivity index (χ4v) is 1.67. The molecule has 0 heterocycles. The maximum atomic E-state index is 13.6. The molecule has 0 spiro atoms. The second-order valence-electron chi connectivity index (χ2n) is 4.95. The zero-order chi connectivity index (χ0) is 14.6. The molecule has 1 unspecified atom stereocenters. The van der Waals surface area contributed by atoms with E-state index in [2.05, 4.69) is 0 Å². The maximum Gasteiger partial charge on any atom is 0.182 e. The van der Waals surface area contributed by atoms with Crippen LogP contribution in [0.1, 0.15) is 17.3 Å². The molecule has 0 bridgehead atoms. The Labute approximate surface area is 112 Å². The summed E-state index contributed by atoms with van der Waals surface area (Å²) in [6.07, 6.45) is 0. The Hall–Kier alpha value is -1.33. The van der Waals surface area contributed by atoms with Crippen LogP contribution in [0.4, 0.5) is 8.78 Å². The molecule has 106 valence electrons. The Bertz CT molecular complexity index is 449. The van der Waals surface area contributed by atoms with Gasteiger partial charge in [-0.2, -0.15) is 0 Å². The quantitative estimate of drug-likeness (QED) is 0.739. The number of likely N-dealkylation sites (N-methyl/N-ethyl adjacent to an activating group) is 2. The molecule has 3 nitrogen and oxygen atoms in total. The van der Waals surface area contributed by atoms with E-state index < -0.39 is 17.7 Å². The van der Waals surface area contributed by atoms with Crippen LogP contribution in [0.3, 0.4) is 0 Å². The zero-order valence-corrected chi connectivity index (χ0v) is 11.8. The van der Waals surface area contributed by atoms with E-state index in [1.165, 1.54) is 6.07 Å². The molecule has 0 radical (unpaired) electrons. The third kappa shape index (κ3) is 4.36. The molecule has 1 rings (SSSR count). The predicted molar refractivity (Wildman–Crippen MR) is 71.3 cm³/mol. The van der Waals surface area contributed by atoms with E-state index in [0.29, 0.717) is 6.54 Å². The Morgan fingerprint density at radius 2 is 1.84 bits per heavy atom. The average molecular weight is 270 g/mol. The third-order valence-electron chi connectivity index (χ3n) is 3.14. The minimum atomic E-state index is -0.808. The lowest BCUT2D eigenvalue weighted by atomic mass is 10.0. The molecular weight excluding hydrogens is 250 g/mol. The predicted octanol–water partition coefficient (Wildman–Crippen LogP) is 2.03. The molecular formula is C14H20F2N2O. The molecule has 0 N–H and O–H groups in total. The second kappa shape index (κ2) is 6.73. The monoisotopic (exact) mass is 270 g/mol. The van der Waals surface area contributed by atoms with Gasteiger partial charge in [0.15, 0.2) is 5.78 Å². The first-order chi connectivity index (χ1) is 8.82. The Morgan fingerprint density at radius 3 is 2.37 bits per heavy atom. The molecule has 0 saturated heterocycles. The minimum absolute atomic E-state index is 0.0643. The van der Waals surface area contributed by atoms with Gasteiger partial charge >= 0.3 is 0 Å². The van der Waals surface area contributed by atoms with Gasteiger partial charge in [0, 0.05) is 19.2 Å². The standard InChI is InChI=1S/C14H20F2N2O/c1-10(18(4)8-7-17(2)3)14(19)12-6-5-11(15)9-13(12)16/h5-6,9-10H,7-8H2,1-4H3. The molecule has 0 amide bonds. The number of halogens is 2. The van der Waals surface area contributed by atoms with Crippen molar-refractivity contribution in [1.82, 2.24) is 9.80 Å². The van der Waals surface area contributed by atoms with Crippen molar-refractivity contribution in [2.75, 3.05) is 34.2 Å². The van der Waals surface area contributed by atoms with Gasteiger partial charge in [-0.25, -0.2) is 8.78 Å². The van der Waals surface area contributed by atoms with E-state index in [1.54, 1.807) is 6.92 Å². The summed E-state index contributed by atoms with van der Waals surface area (Å²) in [7, 11) is 5.70. The lowest BCUT2D eigenvalue weighted by Gasteiger charge is -2.25. The number of rotatable bonds is 6. The van der Waals surface area contributed by atoms with Crippen LogP contribution >= 0.6 is 0 Å². The van der Waals surface area contributed by atoms with Gasteiger partial charge in [-0.15, -0.1) is 0 Å². The highest BCUT2D eigenvalue weighted by Gasteiger charge is 2.22. The smallest absolute Gasteiger partial charge is 0.182 e. The number of hydrogen-bond donors (Lipinski definition) is 0. The first-order valence-electron chi connectivity index (χ1n) is 6.17. The molecule has 1 atom stereocenters. The van der Waals surface area contributed by atoms with Crippen LogP contribution in [0.15, 0.2) is 18.2 Å². The first-order valence-corrected chi connectivity index (χ1v) is 6.17.